The van der Waals surface area contributed by atoms with E-state index in [1.165, 1.54) is 12.1 Å². The average Bonchev–Trinajstić information content (AvgIpc) is 3.03. The van der Waals surface area contributed by atoms with Crippen LogP contribution in [0.2, 0.25) is 0 Å². The maximum Gasteiger partial charge on any atom is 0.338 e. The summed E-state index contributed by atoms with van der Waals surface area (Å²) >= 11 is 0. The molecule has 0 bridgehead atoms. The maximum absolute atomic E-state index is 12.2. The van der Waals surface area contributed by atoms with Gasteiger partial charge >= 0.3 is 5.97 Å². The van der Waals surface area contributed by atoms with E-state index >= 15 is 0 Å². The first kappa shape index (κ1) is 22.4. The number of amides is 1. The zero-order valence-corrected chi connectivity index (χ0v) is 18.6. The summed E-state index contributed by atoms with van der Waals surface area (Å²) in [6.07, 6.45) is 1.56. The number of hydrogen-bond acceptors (Lipinski definition) is 5. The normalized spacial score (nSPS) is 11.7. The van der Waals surface area contributed by atoms with Crippen LogP contribution in [0, 0.1) is 13.8 Å². The van der Waals surface area contributed by atoms with Crippen molar-refractivity contribution in [2.45, 2.75) is 31.8 Å². The van der Waals surface area contributed by atoms with Gasteiger partial charge in [-0.2, -0.15) is 5.10 Å². The molecular formula is C23H25N3O4S. The van der Waals surface area contributed by atoms with E-state index in [2.05, 4.69) is 10.4 Å². The Morgan fingerprint density at radius 3 is 2.39 bits per heavy atom. The highest BCUT2D eigenvalue weighted by molar-refractivity contribution is 7.84. The standard InChI is InChI=1S/C23H25N3O4S/c1-16-21(17(2)26(25-16)14-18-7-5-4-6-8-18)13-24-22(27)15-30-23(28)19-9-11-20(12-10-19)31(3)29/h4-12H,13-15H2,1-3H3,(H,24,27). The second-order valence-electron chi connectivity index (χ2n) is 7.12. The molecule has 0 saturated heterocycles. The first-order valence-electron chi connectivity index (χ1n) is 9.79. The summed E-state index contributed by atoms with van der Waals surface area (Å²) in [7, 11) is -1.12. The second kappa shape index (κ2) is 10.2. The minimum Gasteiger partial charge on any atom is -0.452 e. The number of nitrogens with one attached hydrogen (secondary N) is 1. The Morgan fingerprint density at radius 2 is 1.74 bits per heavy atom. The minimum atomic E-state index is -1.12. The number of carbonyl (C=O) groups excluding carboxylic acids is 2. The van der Waals surface area contributed by atoms with Crippen molar-refractivity contribution in [2.24, 2.45) is 0 Å². The van der Waals surface area contributed by atoms with Gasteiger partial charge in [-0.25, -0.2) is 4.79 Å². The van der Waals surface area contributed by atoms with E-state index in [0.717, 1.165) is 22.5 Å². The summed E-state index contributed by atoms with van der Waals surface area (Å²) in [6.45, 7) is 4.46. The molecule has 1 aromatic heterocycles. The van der Waals surface area contributed by atoms with Gasteiger partial charge in [0.15, 0.2) is 6.61 Å². The van der Waals surface area contributed by atoms with E-state index in [4.69, 9.17) is 4.74 Å². The highest BCUT2D eigenvalue weighted by Gasteiger charge is 2.14. The molecule has 31 heavy (non-hydrogen) atoms. The van der Waals surface area contributed by atoms with Crippen LogP contribution in [0.3, 0.4) is 0 Å². The van der Waals surface area contributed by atoms with Gasteiger partial charge < -0.3 is 10.1 Å². The van der Waals surface area contributed by atoms with Crippen LogP contribution in [0.15, 0.2) is 59.5 Å². The molecule has 0 aliphatic heterocycles. The Kier molecular flexibility index (Phi) is 7.36. The SMILES string of the molecule is Cc1nn(Cc2ccccc2)c(C)c1CNC(=O)COC(=O)c1ccc(S(C)=O)cc1. The molecule has 162 valence electrons. The Bertz CT molecular complexity index is 1090. The predicted octanol–water partition coefficient (Wildman–Crippen LogP) is 2.76. The zero-order chi connectivity index (χ0) is 22.4. The Morgan fingerprint density at radius 1 is 1.06 bits per heavy atom. The van der Waals surface area contributed by atoms with Crippen LogP contribution >= 0.6 is 0 Å². The Balaban J connectivity index is 1.52. The van der Waals surface area contributed by atoms with E-state index in [0.29, 0.717) is 23.5 Å². The molecule has 1 unspecified atom stereocenters. The van der Waals surface area contributed by atoms with Gasteiger partial charge in [0.2, 0.25) is 0 Å². The third-order valence-corrected chi connectivity index (χ3v) is 5.86. The van der Waals surface area contributed by atoms with Crippen molar-refractivity contribution in [3.63, 3.8) is 0 Å². The molecule has 3 rings (SSSR count). The zero-order valence-electron chi connectivity index (χ0n) is 17.8. The summed E-state index contributed by atoms with van der Waals surface area (Å²) in [5.41, 5.74) is 4.22. The fraction of sp³-hybridized carbons (Fsp3) is 0.261. The number of rotatable bonds is 8. The van der Waals surface area contributed by atoms with Gasteiger partial charge in [0.1, 0.15) is 0 Å². The topological polar surface area (TPSA) is 90.3 Å². The highest BCUT2D eigenvalue weighted by atomic mass is 32.2. The Hall–Kier alpha value is -3.26. The average molecular weight is 440 g/mol. The Labute approximate surface area is 183 Å². The molecule has 7 nitrogen and oxygen atoms in total. The van der Waals surface area contributed by atoms with E-state index in [1.54, 1.807) is 18.4 Å². The first-order chi connectivity index (χ1) is 14.8. The number of benzene rings is 2. The number of carbonyl (C=O) groups is 2. The van der Waals surface area contributed by atoms with Crippen molar-refractivity contribution in [1.29, 1.82) is 0 Å². The minimum absolute atomic E-state index is 0.302. The van der Waals surface area contributed by atoms with Gasteiger partial charge in [-0.05, 0) is 43.7 Å². The van der Waals surface area contributed by atoms with Crippen LogP contribution in [-0.2, 0) is 33.4 Å². The molecule has 1 heterocycles. The number of nitrogens with zero attached hydrogens (tertiary/aromatic N) is 2. The highest BCUT2D eigenvalue weighted by Crippen LogP contribution is 2.15. The van der Waals surface area contributed by atoms with E-state index in [-0.39, 0.29) is 6.61 Å². The molecule has 0 fully saturated rings. The third kappa shape index (κ3) is 5.88. The number of hydrogen-bond donors (Lipinski definition) is 1. The molecule has 1 N–H and O–H groups in total. The maximum atomic E-state index is 12.2. The summed E-state index contributed by atoms with van der Waals surface area (Å²) in [6, 6.07) is 16.3. The lowest BCUT2D eigenvalue weighted by atomic mass is 10.2. The van der Waals surface area contributed by atoms with Crippen molar-refractivity contribution in [2.75, 3.05) is 12.9 Å². The quantitative estimate of drug-likeness (QED) is 0.545. The molecule has 1 atom stereocenters. The fourth-order valence-corrected chi connectivity index (χ4v) is 3.65. The summed E-state index contributed by atoms with van der Waals surface area (Å²) < 4.78 is 18.4. The van der Waals surface area contributed by atoms with E-state index in [9.17, 15) is 13.8 Å². The van der Waals surface area contributed by atoms with Gasteiger partial charge in [0, 0.05) is 39.8 Å². The third-order valence-electron chi connectivity index (χ3n) is 4.93. The van der Waals surface area contributed by atoms with Crippen LogP contribution in [-0.4, -0.2) is 38.7 Å². The van der Waals surface area contributed by atoms with Crippen molar-refractivity contribution in [3.05, 3.63) is 82.7 Å². The number of ether oxygens (including phenoxy) is 1. The van der Waals surface area contributed by atoms with Crippen LogP contribution in [0.4, 0.5) is 0 Å². The fourth-order valence-electron chi connectivity index (χ4n) is 3.14. The molecule has 0 saturated carbocycles. The summed E-state index contributed by atoms with van der Waals surface area (Å²) in [5, 5.41) is 7.35. The van der Waals surface area contributed by atoms with Crippen molar-refractivity contribution in [3.8, 4) is 0 Å². The van der Waals surface area contributed by atoms with E-state index < -0.39 is 22.7 Å². The largest absolute Gasteiger partial charge is 0.452 e. The molecule has 1 amide bonds. The predicted molar refractivity (Wildman–Crippen MR) is 118 cm³/mol. The first-order valence-corrected chi connectivity index (χ1v) is 11.3. The number of esters is 1. The van der Waals surface area contributed by atoms with Crippen molar-refractivity contribution < 1.29 is 18.5 Å². The van der Waals surface area contributed by atoms with Crippen LogP contribution in [0.25, 0.3) is 0 Å². The van der Waals surface area contributed by atoms with Gasteiger partial charge in [-0.1, -0.05) is 30.3 Å². The monoisotopic (exact) mass is 439 g/mol. The van der Waals surface area contributed by atoms with Crippen molar-refractivity contribution >= 4 is 22.7 Å². The van der Waals surface area contributed by atoms with Crippen LogP contribution in [0.1, 0.15) is 32.9 Å². The molecule has 3 aromatic rings. The molecular weight excluding hydrogens is 414 g/mol. The number of aryl methyl sites for hydroxylation is 1. The van der Waals surface area contributed by atoms with Crippen molar-refractivity contribution in [1.82, 2.24) is 15.1 Å². The molecule has 0 radical (unpaired) electrons. The molecule has 0 aliphatic carbocycles. The van der Waals surface area contributed by atoms with Gasteiger partial charge in [-0.3, -0.25) is 13.7 Å². The smallest absolute Gasteiger partial charge is 0.338 e. The lowest BCUT2D eigenvalue weighted by Gasteiger charge is -2.08. The molecule has 8 heteroatoms. The molecule has 0 spiro atoms. The van der Waals surface area contributed by atoms with Gasteiger partial charge in [-0.15, -0.1) is 0 Å². The molecule has 2 aromatic carbocycles. The van der Waals surface area contributed by atoms with Crippen LogP contribution in [0.5, 0.6) is 0 Å². The summed E-state index contributed by atoms with van der Waals surface area (Å²) in [5.74, 6) is -0.999. The lowest BCUT2D eigenvalue weighted by Crippen LogP contribution is -2.28. The lowest BCUT2D eigenvalue weighted by molar-refractivity contribution is -0.124. The van der Waals surface area contributed by atoms with Gasteiger partial charge in [0.05, 0.1) is 17.8 Å². The number of aromatic nitrogens is 2. The van der Waals surface area contributed by atoms with E-state index in [1.807, 2.05) is 48.9 Å². The molecule has 0 aliphatic rings. The second-order valence-corrected chi connectivity index (χ2v) is 8.50. The summed E-state index contributed by atoms with van der Waals surface area (Å²) in [4.78, 5) is 24.9. The van der Waals surface area contributed by atoms with Gasteiger partial charge in [0.25, 0.3) is 5.91 Å². The van der Waals surface area contributed by atoms with Crippen LogP contribution < -0.4 is 5.32 Å².